The van der Waals surface area contributed by atoms with Crippen molar-refractivity contribution in [3.05, 3.63) is 70.9 Å². The van der Waals surface area contributed by atoms with Gasteiger partial charge in [-0.1, -0.05) is 35.9 Å². The summed E-state index contributed by atoms with van der Waals surface area (Å²) >= 11 is 6.00. The van der Waals surface area contributed by atoms with Gasteiger partial charge in [0.25, 0.3) is 0 Å². The van der Waals surface area contributed by atoms with Gasteiger partial charge in [-0.25, -0.2) is 19.0 Å². The number of hydrogen-bond acceptors (Lipinski definition) is 6. The molecule has 2 aromatic carbocycles. The zero-order chi connectivity index (χ0) is 20.4. The van der Waals surface area contributed by atoms with Gasteiger partial charge in [-0.3, -0.25) is 4.79 Å². The Kier molecular flexibility index (Phi) is 5.76. The van der Waals surface area contributed by atoms with Crippen molar-refractivity contribution in [2.75, 3.05) is 6.61 Å². The van der Waals surface area contributed by atoms with Crippen LogP contribution in [0, 0.1) is 0 Å². The zero-order valence-electron chi connectivity index (χ0n) is 15.1. The molecule has 0 aromatic heterocycles. The second kappa shape index (κ2) is 7.92. The third-order valence-corrected chi connectivity index (χ3v) is 5.69. The molecule has 0 bridgehead atoms. The van der Waals surface area contributed by atoms with Crippen LogP contribution in [-0.4, -0.2) is 21.0 Å². The number of nitrogens with one attached hydrogen (secondary N) is 2. The van der Waals surface area contributed by atoms with Gasteiger partial charge in [0.1, 0.15) is 0 Å². The molecule has 148 valence electrons. The Balaban J connectivity index is 2.09. The first kappa shape index (κ1) is 20.3. The number of nitrogens with two attached hydrogens (primary N) is 1. The van der Waals surface area contributed by atoms with Gasteiger partial charge in [0.15, 0.2) is 0 Å². The van der Waals surface area contributed by atoms with Crippen molar-refractivity contribution in [2.45, 2.75) is 23.8 Å². The fourth-order valence-corrected chi connectivity index (χ4v) is 3.85. The lowest BCUT2D eigenvalue weighted by Crippen LogP contribution is -2.45. The molecule has 2 aromatic rings. The van der Waals surface area contributed by atoms with Gasteiger partial charge in [-0.2, -0.15) is 0 Å². The fraction of sp³-hybridized carbons (Fsp3) is 0.211. The Morgan fingerprint density at radius 2 is 1.79 bits per heavy atom. The molecule has 7 nitrogen and oxygen atoms in total. The lowest BCUT2D eigenvalue weighted by molar-refractivity contribution is -0.144. The number of hydrogen-bond donors (Lipinski definition) is 3. The van der Waals surface area contributed by atoms with Crippen LogP contribution in [0.4, 0.5) is 0 Å². The second-order valence-corrected chi connectivity index (χ2v) is 8.29. The molecule has 0 fully saturated rings. The number of hydrazine groups is 1. The highest BCUT2D eigenvalue weighted by atomic mass is 35.5. The Bertz CT molecular complexity index is 1000. The minimum atomic E-state index is -3.82. The molecule has 0 saturated heterocycles. The molecule has 0 spiro atoms. The van der Waals surface area contributed by atoms with Crippen LogP contribution in [0.2, 0.25) is 5.02 Å². The van der Waals surface area contributed by atoms with Crippen molar-refractivity contribution < 1.29 is 17.9 Å². The molecule has 1 atom stereocenters. The first-order valence-electron chi connectivity index (χ1n) is 8.54. The monoisotopic (exact) mass is 421 g/mol. The van der Waals surface area contributed by atoms with Crippen molar-refractivity contribution in [3.63, 3.8) is 0 Å². The van der Waals surface area contributed by atoms with E-state index in [1.54, 1.807) is 37.4 Å². The molecule has 9 heteroatoms. The average Bonchev–Trinajstić information content (AvgIpc) is 3.06. The predicted molar refractivity (Wildman–Crippen MR) is 106 cm³/mol. The van der Waals surface area contributed by atoms with Crippen LogP contribution >= 0.6 is 11.6 Å². The normalized spacial score (nSPS) is 19.0. The van der Waals surface area contributed by atoms with Crippen LogP contribution in [0.1, 0.15) is 24.5 Å². The zero-order valence-corrected chi connectivity index (χ0v) is 16.7. The van der Waals surface area contributed by atoms with E-state index in [2.05, 4.69) is 10.9 Å². The van der Waals surface area contributed by atoms with E-state index in [-0.39, 0.29) is 17.9 Å². The van der Waals surface area contributed by atoms with E-state index in [1.165, 1.54) is 12.1 Å². The topological polar surface area (TPSA) is 111 Å². The van der Waals surface area contributed by atoms with Crippen molar-refractivity contribution in [2.24, 2.45) is 5.14 Å². The minimum absolute atomic E-state index is 0.00295. The number of ether oxygens (including phenoxy) is 1. The van der Waals surface area contributed by atoms with E-state index in [1.807, 2.05) is 12.1 Å². The lowest BCUT2D eigenvalue weighted by atomic mass is 9.78. The van der Waals surface area contributed by atoms with Crippen LogP contribution in [0.5, 0.6) is 0 Å². The Hall–Kier alpha value is -2.39. The number of carbonyl (C=O) groups excluding carboxylic acids is 1. The van der Waals surface area contributed by atoms with E-state index in [0.717, 1.165) is 11.1 Å². The van der Waals surface area contributed by atoms with E-state index >= 15 is 0 Å². The molecule has 0 saturated carbocycles. The third-order valence-electron chi connectivity index (χ3n) is 4.51. The molecule has 1 heterocycles. The molecular formula is C19H20ClN3O4S. The summed E-state index contributed by atoms with van der Waals surface area (Å²) in [5.74, 6) is -0.394. The van der Waals surface area contributed by atoms with E-state index < -0.39 is 21.5 Å². The second-order valence-electron chi connectivity index (χ2n) is 6.29. The minimum Gasteiger partial charge on any atom is -0.466 e. The summed E-state index contributed by atoms with van der Waals surface area (Å²) in [4.78, 5) is 12.4. The van der Waals surface area contributed by atoms with Gasteiger partial charge in [0.05, 0.1) is 23.5 Å². The molecule has 28 heavy (non-hydrogen) atoms. The highest BCUT2D eigenvalue weighted by molar-refractivity contribution is 7.89. The smallest absolute Gasteiger partial charge is 0.308 e. The van der Waals surface area contributed by atoms with E-state index in [4.69, 9.17) is 21.5 Å². The summed E-state index contributed by atoms with van der Waals surface area (Å²) in [5, 5.41) is 5.79. The number of halogens is 1. The number of rotatable bonds is 6. The van der Waals surface area contributed by atoms with Gasteiger partial charge < -0.3 is 10.2 Å². The average molecular weight is 422 g/mol. The molecule has 1 aliphatic rings. The van der Waals surface area contributed by atoms with Gasteiger partial charge in [-0.15, -0.1) is 0 Å². The Morgan fingerprint density at radius 1 is 1.14 bits per heavy atom. The summed E-state index contributed by atoms with van der Waals surface area (Å²) < 4.78 is 28.3. The van der Waals surface area contributed by atoms with E-state index in [0.29, 0.717) is 10.6 Å². The Morgan fingerprint density at radius 3 is 2.36 bits per heavy atom. The summed E-state index contributed by atoms with van der Waals surface area (Å²) in [6.45, 7) is 1.99. The predicted octanol–water partition coefficient (Wildman–Crippen LogP) is 2.28. The standard InChI is InChI=1S/C19H20ClN3O4S/c1-2-27-18(24)11-19(14-5-9-16(10-6-14)28(21,25)26)17(12-22-23-19)13-3-7-15(20)8-4-13/h3-10,12,22-23H,2,11H2,1H3,(H2,21,25,26). The first-order valence-corrected chi connectivity index (χ1v) is 10.5. The lowest BCUT2D eigenvalue weighted by Gasteiger charge is -2.32. The quantitative estimate of drug-likeness (QED) is 0.617. The van der Waals surface area contributed by atoms with Gasteiger partial charge in [0, 0.05) is 16.8 Å². The molecule has 4 N–H and O–H groups in total. The number of sulfonamides is 1. The molecular weight excluding hydrogens is 402 g/mol. The van der Waals surface area contributed by atoms with Crippen molar-refractivity contribution >= 4 is 33.2 Å². The third kappa shape index (κ3) is 4.05. The van der Waals surface area contributed by atoms with Crippen molar-refractivity contribution in [3.8, 4) is 0 Å². The molecule has 0 radical (unpaired) electrons. The summed E-state index contributed by atoms with van der Waals surface area (Å²) in [7, 11) is -3.82. The van der Waals surface area contributed by atoms with Crippen LogP contribution in [-0.2, 0) is 25.1 Å². The Labute approximate surface area is 168 Å². The number of benzene rings is 2. The van der Waals surface area contributed by atoms with Gasteiger partial charge in [-0.05, 0) is 42.3 Å². The number of carbonyl (C=O) groups is 1. The van der Waals surface area contributed by atoms with Crippen molar-refractivity contribution in [1.82, 2.24) is 10.9 Å². The molecule has 0 aliphatic carbocycles. The van der Waals surface area contributed by atoms with Crippen LogP contribution in [0.25, 0.3) is 5.57 Å². The molecule has 1 aliphatic heterocycles. The van der Waals surface area contributed by atoms with Gasteiger partial charge >= 0.3 is 5.97 Å². The fourth-order valence-electron chi connectivity index (χ4n) is 3.21. The van der Waals surface area contributed by atoms with Gasteiger partial charge in [0.2, 0.25) is 10.0 Å². The number of primary sulfonamides is 1. The first-order chi connectivity index (χ1) is 13.3. The SMILES string of the molecule is CCOC(=O)CC1(c2ccc(S(N)(=O)=O)cc2)NNC=C1c1ccc(Cl)cc1. The highest BCUT2D eigenvalue weighted by Gasteiger charge is 2.42. The van der Waals surface area contributed by atoms with Crippen LogP contribution in [0.15, 0.2) is 59.6 Å². The van der Waals surface area contributed by atoms with E-state index in [9.17, 15) is 13.2 Å². The summed E-state index contributed by atoms with van der Waals surface area (Å²) in [6, 6.07) is 13.3. The summed E-state index contributed by atoms with van der Waals surface area (Å²) in [5.41, 5.74) is 7.47. The highest BCUT2D eigenvalue weighted by Crippen LogP contribution is 2.41. The molecule has 3 rings (SSSR count). The number of esters is 1. The molecule has 1 unspecified atom stereocenters. The van der Waals surface area contributed by atoms with Crippen LogP contribution in [0.3, 0.4) is 0 Å². The maximum absolute atomic E-state index is 12.4. The van der Waals surface area contributed by atoms with Crippen molar-refractivity contribution in [1.29, 1.82) is 0 Å². The van der Waals surface area contributed by atoms with Crippen LogP contribution < -0.4 is 16.0 Å². The maximum Gasteiger partial charge on any atom is 0.308 e. The molecule has 0 amide bonds. The largest absolute Gasteiger partial charge is 0.466 e. The summed E-state index contributed by atoms with van der Waals surface area (Å²) in [6.07, 6.45) is 1.76. The maximum atomic E-state index is 12.4.